The number of rotatable bonds is 1. The van der Waals surface area contributed by atoms with Crippen molar-refractivity contribution in [2.24, 2.45) is 0 Å². The van der Waals surface area contributed by atoms with Crippen LogP contribution in [0, 0.1) is 6.92 Å². The third-order valence-corrected chi connectivity index (χ3v) is 4.05. The second-order valence-corrected chi connectivity index (χ2v) is 5.86. The van der Waals surface area contributed by atoms with Gasteiger partial charge in [0, 0.05) is 47.3 Å². The Hall–Kier alpha value is -1.52. The molecule has 1 aliphatic heterocycles. The smallest absolute Gasteiger partial charge is 0.256 e. The fraction of sp³-hybridized carbons (Fsp3) is 0.400. The van der Waals surface area contributed by atoms with Gasteiger partial charge in [0.2, 0.25) is 0 Å². The van der Waals surface area contributed by atoms with Crippen molar-refractivity contribution in [1.82, 2.24) is 15.2 Å². The van der Waals surface area contributed by atoms with Crippen molar-refractivity contribution in [1.29, 1.82) is 0 Å². The molecule has 2 N–H and O–H groups in total. The summed E-state index contributed by atoms with van der Waals surface area (Å²) in [5.74, 6) is 0.0874. The van der Waals surface area contributed by atoms with Gasteiger partial charge in [-0.3, -0.25) is 4.79 Å². The van der Waals surface area contributed by atoms with Gasteiger partial charge >= 0.3 is 0 Å². The molecule has 106 valence electrons. The first-order valence-electron chi connectivity index (χ1n) is 6.87. The highest BCUT2D eigenvalue weighted by Gasteiger charge is 2.25. The number of carbonyl (C=O) groups is 1. The number of hydrogen-bond donors (Lipinski definition) is 2. The van der Waals surface area contributed by atoms with Crippen LogP contribution in [0.15, 0.2) is 18.2 Å². The number of carbonyl (C=O) groups excluding carboxylic acids is 1. The Morgan fingerprint density at radius 1 is 1.45 bits per heavy atom. The van der Waals surface area contributed by atoms with Gasteiger partial charge in [0.05, 0.1) is 5.56 Å². The molecule has 1 aromatic carbocycles. The van der Waals surface area contributed by atoms with Crippen molar-refractivity contribution >= 4 is 28.4 Å². The van der Waals surface area contributed by atoms with Gasteiger partial charge in [-0.1, -0.05) is 11.6 Å². The lowest BCUT2D eigenvalue weighted by Gasteiger charge is -2.32. The number of benzene rings is 1. The van der Waals surface area contributed by atoms with Crippen LogP contribution in [0.3, 0.4) is 0 Å². The van der Waals surface area contributed by atoms with Gasteiger partial charge < -0.3 is 15.2 Å². The van der Waals surface area contributed by atoms with E-state index in [0.717, 1.165) is 41.8 Å². The fourth-order valence-electron chi connectivity index (χ4n) is 2.85. The number of aromatic amines is 1. The first kappa shape index (κ1) is 13.5. The third-order valence-electron chi connectivity index (χ3n) is 3.82. The third kappa shape index (κ3) is 2.30. The molecule has 1 aliphatic rings. The lowest BCUT2D eigenvalue weighted by Crippen LogP contribution is -2.51. The summed E-state index contributed by atoms with van der Waals surface area (Å²) < 4.78 is 0. The van der Waals surface area contributed by atoms with E-state index in [9.17, 15) is 4.79 Å². The van der Waals surface area contributed by atoms with Gasteiger partial charge in [-0.2, -0.15) is 0 Å². The predicted molar refractivity (Wildman–Crippen MR) is 81.4 cm³/mol. The van der Waals surface area contributed by atoms with Crippen molar-refractivity contribution in [2.75, 3.05) is 19.6 Å². The molecule has 3 rings (SSSR count). The second kappa shape index (κ2) is 5.11. The maximum atomic E-state index is 12.8. The van der Waals surface area contributed by atoms with Gasteiger partial charge in [0.15, 0.2) is 0 Å². The van der Waals surface area contributed by atoms with Crippen molar-refractivity contribution in [3.8, 4) is 0 Å². The number of H-pyrrole nitrogens is 1. The Morgan fingerprint density at radius 2 is 2.25 bits per heavy atom. The highest BCUT2D eigenvalue weighted by Crippen LogP contribution is 2.26. The van der Waals surface area contributed by atoms with E-state index in [2.05, 4.69) is 17.2 Å². The molecule has 0 aliphatic carbocycles. The first-order valence-corrected chi connectivity index (χ1v) is 7.24. The molecule has 1 fully saturated rings. The minimum atomic E-state index is 0.0874. The number of aromatic nitrogens is 1. The Kier molecular flexibility index (Phi) is 3.44. The standard InChI is InChI=1S/C15H18ClN3O/c1-9-8-19(6-5-17-9)15(20)14-10(2)18-13-4-3-11(16)7-12(13)14/h3-4,7,9,17-18H,5-6,8H2,1-2H3/t9-/m1/s1. The van der Waals surface area contributed by atoms with Gasteiger partial charge in [-0.25, -0.2) is 0 Å². The number of hydrogen-bond acceptors (Lipinski definition) is 2. The average Bonchev–Trinajstić information content (AvgIpc) is 2.73. The zero-order valence-corrected chi connectivity index (χ0v) is 12.4. The Morgan fingerprint density at radius 3 is 3.00 bits per heavy atom. The molecule has 0 spiro atoms. The molecule has 5 heteroatoms. The van der Waals surface area contributed by atoms with Crippen molar-refractivity contribution < 1.29 is 4.79 Å². The summed E-state index contributed by atoms with van der Waals surface area (Å²) in [7, 11) is 0. The fourth-order valence-corrected chi connectivity index (χ4v) is 3.02. The largest absolute Gasteiger partial charge is 0.358 e. The number of halogens is 1. The molecule has 0 bridgehead atoms. The summed E-state index contributed by atoms with van der Waals surface area (Å²) >= 11 is 6.06. The lowest BCUT2D eigenvalue weighted by atomic mass is 10.1. The molecule has 2 aromatic rings. The maximum Gasteiger partial charge on any atom is 0.256 e. The quantitative estimate of drug-likeness (QED) is 0.848. The highest BCUT2D eigenvalue weighted by molar-refractivity contribution is 6.31. The number of fused-ring (bicyclic) bond motifs is 1. The second-order valence-electron chi connectivity index (χ2n) is 5.42. The molecule has 2 heterocycles. The molecule has 0 unspecified atom stereocenters. The van der Waals surface area contributed by atoms with Gasteiger partial charge in [-0.05, 0) is 32.0 Å². The van der Waals surface area contributed by atoms with Crippen molar-refractivity contribution in [3.63, 3.8) is 0 Å². The molecule has 0 saturated carbocycles. The Bertz CT molecular complexity index is 664. The van der Waals surface area contributed by atoms with Crippen molar-refractivity contribution in [2.45, 2.75) is 19.9 Å². The molecule has 1 saturated heterocycles. The van der Waals surface area contributed by atoms with E-state index in [-0.39, 0.29) is 5.91 Å². The SMILES string of the molecule is Cc1[nH]c2ccc(Cl)cc2c1C(=O)N1CCN[C@H](C)C1. The first-order chi connectivity index (χ1) is 9.56. The molecule has 1 atom stereocenters. The van der Waals surface area contributed by atoms with E-state index in [1.807, 2.05) is 30.0 Å². The summed E-state index contributed by atoms with van der Waals surface area (Å²) in [6, 6.07) is 5.95. The zero-order valence-electron chi connectivity index (χ0n) is 11.7. The molecular formula is C15H18ClN3O. The molecule has 1 aromatic heterocycles. The van der Waals surface area contributed by atoms with Crippen LogP contribution < -0.4 is 5.32 Å². The van der Waals surface area contributed by atoms with Crippen molar-refractivity contribution in [3.05, 3.63) is 34.5 Å². The molecule has 4 nitrogen and oxygen atoms in total. The summed E-state index contributed by atoms with van der Waals surface area (Å²) in [5.41, 5.74) is 2.61. The Labute approximate surface area is 123 Å². The lowest BCUT2D eigenvalue weighted by molar-refractivity contribution is 0.0710. The van der Waals surface area contributed by atoms with Crippen LogP contribution in [-0.2, 0) is 0 Å². The van der Waals surface area contributed by atoms with E-state index < -0.39 is 0 Å². The van der Waals surface area contributed by atoms with Crippen LogP contribution >= 0.6 is 11.6 Å². The van der Waals surface area contributed by atoms with Crippen LogP contribution in [0.4, 0.5) is 0 Å². The van der Waals surface area contributed by atoms with Crippen LogP contribution in [0.25, 0.3) is 10.9 Å². The van der Waals surface area contributed by atoms with E-state index in [1.165, 1.54) is 0 Å². The number of nitrogens with zero attached hydrogens (tertiary/aromatic N) is 1. The van der Waals surface area contributed by atoms with E-state index in [0.29, 0.717) is 11.1 Å². The predicted octanol–water partition coefficient (Wildman–Crippen LogP) is 2.56. The van der Waals surface area contributed by atoms with Gasteiger partial charge in [-0.15, -0.1) is 0 Å². The molecule has 0 radical (unpaired) electrons. The van der Waals surface area contributed by atoms with Crippen LogP contribution in [0.5, 0.6) is 0 Å². The minimum absolute atomic E-state index is 0.0874. The number of nitrogens with one attached hydrogen (secondary N) is 2. The maximum absolute atomic E-state index is 12.8. The van der Waals surface area contributed by atoms with Gasteiger partial charge in [0.1, 0.15) is 0 Å². The number of piperazine rings is 1. The Balaban J connectivity index is 2.02. The normalized spacial score (nSPS) is 19.6. The minimum Gasteiger partial charge on any atom is -0.358 e. The monoisotopic (exact) mass is 291 g/mol. The number of aryl methyl sites for hydroxylation is 1. The van der Waals surface area contributed by atoms with E-state index in [1.54, 1.807) is 0 Å². The molecule has 20 heavy (non-hydrogen) atoms. The summed E-state index contributed by atoms with van der Waals surface area (Å²) in [6.07, 6.45) is 0. The van der Waals surface area contributed by atoms with E-state index in [4.69, 9.17) is 11.6 Å². The summed E-state index contributed by atoms with van der Waals surface area (Å²) in [5, 5.41) is 4.91. The molecule has 1 amide bonds. The zero-order chi connectivity index (χ0) is 14.3. The van der Waals surface area contributed by atoms with Gasteiger partial charge in [0.25, 0.3) is 5.91 Å². The van der Waals surface area contributed by atoms with Crippen LogP contribution in [0.1, 0.15) is 23.0 Å². The topological polar surface area (TPSA) is 48.1 Å². The van der Waals surface area contributed by atoms with Crippen LogP contribution in [-0.4, -0.2) is 41.5 Å². The summed E-state index contributed by atoms with van der Waals surface area (Å²) in [6.45, 7) is 6.36. The highest BCUT2D eigenvalue weighted by atomic mass is 35.5. The molecular weight excluding hydrogens is 274 g/mol. The summed E-state index contributed by atoms with van der Waals surface area (Å²) in [4.78, 5) is 18.0. The van der Waals surface area contributed by atoms with Crippen LogP contribution in [0.2, 0.25) is 5.02 Å². The van der Waals surface area contributed by atoms with E-state index >= 15 is 0 Å². The number of amides is 1. The average molecular weight is 292 g/mol.